The molecule has 2 atom stereocenters. The van der Waals surface area contributed by atoms with E-state index in [1.54, 1.807) is 13.8 Å². The molecule has 0 radical (unpaired) electrons. The molecule has 1 aromatic carbocycles. The van der Waals surface area contributed by atoms with E-state index in [2.05, 4.69) is 17.6 Å². The summed E-state index contributed by atoms with van der Waals surface area (Å²) in [5.74, 6) is 0.746. The lowest BCUT2D eigenvalue weighted by molar-refractivity contribution is 0.00468. The molecule has 5 heteroatoms. The predicted octanol–water partition coefficient (Wildman–Crippen LogP) is 3.67. The van der Waals surface area contributed by atoms with Crippen LogP contribution in [-0.2, 0) is 11.3 Å². The van der Waals surface area contributed by atoms with Crippen LogP contribution < -0.4 is 10.6 Å². The van der Waals surface area contributed by atoms with Crippen LogP contribution in [0.15, 0.2) is 24.3 Å². The van der Waals surface area contributed by atoms with E-state index in [4.69, 9.17) is 4.74 Å². The molecule has 134 valence electrons. The normalized spacial score (nSPS) is 21.3. The minimum atomic E-state index is -0.650. The monoisotopic (exact) mass is 334 g/mol. The Balaban J connectivity index is 1.85. The second-order valence-corrected chi connectivity index (χ2v) is 7.53. The van der Waals surface area contributed by atoms with Crippen molar-refractivity contribution in [2.45, 2.75) is 64.7 Å². The number of aliphatic hydroxyl groups excluding tert-OH is 1. The van der Waals surface area contributed by atoms with E-state index >= 15 is 0 Å². The van der Waals surface area contributed by atoms with Crippen molar-refractivity contribution < 1.29 is 14.6 Å². The number of hydrogen-bond acceptors (Lipinski definition) is 3. The molecule has 1 aromatic rings. The van der Waals surface area contributed by atoms with Gasteiger partial charge in [0.1, 0.15) is 0 Å². The van der Waals surface area contributed by atoms with E-state index in [1.165, 1.54) is 12.8 Å². The number of urea groups is 1. The zero-order valence-corrected chi connectivity index (χ0v) is 15.0. The Kier molecular flexibility index (Phi) is 6.63. The summed E-state index contributed by atoms with van der Waals surface area (Å²) in [6, 6.07) is 7.37. The first kappa shape index (κ1) is 18.7. The number of rotatable bonds is 6. The largest absolute Gasteiger partial charge is 0.394 e. The van der Waals surface area contributed by atoms with Crippen LogP contribution in [0.2, 0.25) is 0 Å². The molecule has 3 N–H and O–H groups in total. The SMILES string of the molecule is CC1CCCC(OCc2cccc(NC(=O)NC(C)(C)CO)c2)C1. The van der Waals surface area contributed by atoms with Crippen LogP contribution in [0.5, 0.6) is 0 Å². The van der Waals surface area contributed by atoms with Gasteiger partial charge in [0.15, 0.2) is 0 Å². The van der Waals surface area contributed by atoms with Gasteiger partial charge in [-0.1, -0.05) is 31.9 Å². The van der Waals surface area contributed by atoms with Crippen molar-refractivity contribution in [1.82, 2.24) is 5.32 Å². The number of carbonyl (C=O) groups is 1. The molecule has 0 spiro atoms. The first-order chi connectivity index (χ1) is 11.4. The zero-order valence-electron chi connectivity index (χ0n) is 15.0. The van der Waals surface area contributed by atoms with Gasteiger partial charge in [-0.2, -0.15) is 0 Å². The second kappa shape index (κ2) is 8.49. The number of anilines is 1. The Hall–Kier alpha value is -1.59. The van der Waals surface area contributed by atoms with Crippen LogP contribution in [0.4, 0.5) is 10.5 Å². The maximum absolute atomic E-state index is 12.0. The molecule has 1 aliphatic rings. The van der Waals surface area contributed by atoms with E-state index in [0.717, 1.165) is 30.0 Å². The van der Waals surface area contributed by atoms with Crippen molar-refractivity contribution in [3.05, 3.63) is 29.8 Å². The molecule has 1 saturated carbocycles. The van der Waals surface area contributed by atoms with Gasteiger partial charge in [0.2, 0.25) is 0 Å². The number of ether oxygens (including phenoxy) is 1. The summed E-state index contributed by atoms with van der Waals surface area (Å²) in [5, 5.41) is 14.7. The highest BCUT2D eigenvalue weighted by Gasteiger charge is 2.20. The molecule has 0 aliphatic heterocycles. The topological polar surface area (TPSA) is 70.6 Å². The molecule has 0 bridgehead atoms. The van der Waals surface area contributed by atoms with Crippen LogP contribution in [0.1, 0.15) is 52.0 Å². The molecule has 24 heavy (non-hydrogen) atoms. The first-order valence-corrected chi connectivity index (χ1v) is 8.78. The molecule has 1 aliphatic carbocycles. The molecule has 5 nitrogen and oxygen atoms in total. The highest BCUT2D eigenvalue weighted by Crippen LogP contribution is 2.26. The summed E-state index contributed by atoms with van der Waals surface area (Å²) in [7, 11) is 0. The van der Waals surface area contributed by atoms with Gasteiger partial charge >= 0.3 is 6.03 Å². The van der Waals surface area contributed by atoms with Crippen molar-refractivity contribution in [2.24, 2.45) is 5.92 Å². The Morgan fingerprint density at radius 2 is 2.17 bits per heavy atom. The standard InChI is InChI=1S/C19H30N2O3/c1-14-6-4-9-17(10-14)24-12-15-7-5-8-16(11-15)20-18(23)21-19(2,3)13-22/h5,7-8,11,14,17,22H,4,6,9-10,12-13H2,1-3H3,(H2,20,21,23). The Bertz CT molecular complexity index is 545. The predicted molar refractivity (Wildman–Crippen MR) is 96.0 cm³/mol. The Labute approximate surface area is 144 Å². The minimum absolute atomic E-state index is 0.117. The fourth-order valence-corrected chi connectivity index (χ4v) is 2.99. The highest BCUT2D eigenvalue weighted by atomic mass is 16.5. The van der Waals surface area contributed by atoms with E-state index in [0.29, 0.717) is 12.7 Å². The van der Waals surface area contributed by atoms with Crippen molar-refractivity contribution in [2.75, 3.05) is 11.9 Å². The van der Waals surface area contributed by atoms with Crippen LogP contribution in [0.25, 0.3) is 0 Å². The molecular formula is C19H30N2O3. The molecular weight excluding hydrogens is 304 g/mol. The Morgan fingerprint density at radius 3 is 2.88 bits per heavy atom. The summed E-state index contributed by atoms with van der Waals surface area (Å²) < 4.78 is 6.04. The maximum atomic E-state index is 12.0. The van der Waals surface area contributed by atoms with Crippen molar-refractivity contribution in [3.8, 4) is 0 Å². The minimum Gasteiger partial charge on any atom is -0.394 e. The van der Waals surface area contributed by atoms with Gasteiger partial charge < -0.3 is 20.5 Å². The third-order valence-electron chi connectivity index (χ3n) is 4.41. The van der Waals surface area contributed by atoms with Gasteiger partial charge in [-0.15, -0.1) is 0 Å². The quantitative estimate of drug-likeness (QED) is 0.743. The van der Waals surface area contributed by atoms with E-state index in [-0.39, 0.29) is 12.6 Å². The van der Waals surface area contributed by atoms with E-state index in [9.17, 15) is 9.90 Å². The third kappa shape index (κ3) is 6.13. The van der Waals surface area contributed by atoms with Crippen LogP contribution in [-0.4, -0.2) is 29.4 Å². The number of hydrogen-bond donors (Lipinski definition) is 3. The summed E-state index contributed by atoms with van der Waals surface area (Å²) in [5.41, 5.74) is 1.12. The number of aliphatic hydroxyl groups is 1. The van der Waals surface area contributed by atoms with E-state index < -0.39 is 5.54 Å². The summed E-state index contributed by atoms with van der Waals surface area (Å²) >= 11 is 0. The Morgan fingerprint density at radius 1 is 1.38 bits per heavy atom. The molecule has 0 heterocycles. The number of benzene rings is 1. The molecule has 2 rings (SSSR count). The third-order valence-corrected chi connectivity index (χ3v) is 4.41. The fourth-order valence-electron chi connectivity index (χ4n) is 2.99. The average molecular weight is 334 g/mol. The molecule has 1 fully saturated rings. The van der Waals surface area contributed by atoms with Gasteiger partial charge in [-0.25, -0.2) is 4.79 Å². The maximum Gasteiger partial charge on any atom is 0.319 e. The van der Waals surface area contributed by atoms with Crippen LogP contribution in [0.3, 0.4) is 0 Å². The lowest BCUT2D eigenvalue weighted by atomic mass is 9.89. The zero-order chi connectivity index (χ0) is 17.6. The van der Waals surface area contributed by atoms with Gasteiger partial charge in [-0.05, 0) is 50.3 Å². The van der Waals surface area contributed by atoms with Crippen molar-refractivity contribution in [1.29, 1.82) is 0 Å². The smallest absolute Gasteiger partial charge is 0.319 e. The number of nitrogens with one attached hydrogen (secondary N) is 2. The lowest BCUT2D eigenvalue weighted by Gasteiger charge is -2.27. The summed E-state index contributed by atoms with van der Waals surface area (Å²) in [6.45, 7) is 6.27. The van der Waals surface area contributed by atoms with Crippen LogP contribution in [0, 0.1) is 5.92 Å². The number of amides is 2. The van der Waals surface area contributed by atoms with Gasteiger partial charge in [0.05, 0.1) is 24.9 Å². The molecule has 0 saturated heterocycles. The van der Waals surface area contributed by atoms with Crippen LogP contribution >= 0.6 is 0 Å². The summed E-state index contributed by atoms with van der Waals surface area (Å²) in [6.07, 6.45) is 5.17. The number of carbonyl (C=O) groups excluding carboxylic acids is 1. The van der Waals surface area contributed by atoms with Gasteiger partial charge in [0.25, 0.3) is 0 Å². The lowest BCUT2D eigenvalue weighted by Crippen LogP contribution is -2.48. The summed E-state index contributed by atoms with van der Waals surface area (Å²) in [4.78, 5) is 12.0. The van der Waals surface area contributed by atoms with Crippen molar-refractivity contribution >= 4 is 11.7 Å². The van der Waals surface area contributed by atoms with Gasteiger partial charge in [0, 0.05) is 5.69 Å². The molecule has 0 aromatic heterocycles. The fraction of sp³-hybridized carbons (Fsp3) is 0.632. The van der Waals surface area contributed by atoms with E-state index in [1.807, 2.05) is 24.3 Å². The molecule has 2 amide bonds. The molecule has 2 unspecified atom stereocenters. The first-order valence-electron chi connectivity index (χ1n) is 8.78. The average Bonchev–Trinajstić information content (AvgIpc) is 2.53. The van der Waals surface area contributed by atoms with Crippen molar-refractivity contribution in [3.63, 3.8) is 0 Å². The van der Waals surface area contributed by atoms with Gasteiger partial charge in [-0.3, -0.25) is 0 Å². The second-order valence-electron chi connectivity index (χ2n) is 7.53. The highest BCUT2D eigenvalue weighted by molar-refractivity contribution is 5.89.